The molecule has 158 valence electrons. The van der Waals surface area contributed by atoms with Gasteiger partial charge in [-0.25, -0.2) is 4.79 Å². The molecule has 0 spiro atoms. The van der Waals surface area contributed by atoms with E-state index in [2.05, 4.69) is 6.92 Å². The summed E-state index contributed by atoms with van der Waals surface area (Å²) in [6.45, 7) is 2.16. The summed E-state index contributed by atoms with van der Waals surface area (Å²) in [6, 6.07) is 4.92. The molecule has 0 unspecified atom stereocenters. The summed E-state index contributed by atoms with van der Waals surface area (Å²) in [6.07, 6.45) is 15.9. The molecular formula is C24H38O4. The van der Waals surface area contributed by atoms with Gasteiger partial charge in [0.05, 0.1) is 0 Å². The molecule has 0 aliphatic rings. The van der Waals surface area contributed by atoms with Crippen molar-refractivity contribution in [3.8, 4) is 5.75 Å². The Hall–Kier alpha value is -1.84. The van der Waals surface area contributed by atoms with E-state index < -0.39 is 5.97 Å². The third kappa shape index (κ3) is 10.5. The van der Waals surface area contributed by atoms with Gasteiger partial charge in [-0.15, -0.1) is 0 Å². The highest BCUT2D eigenvalue weighted by molar-refractivity contribution is 5.92. The molecule has 1 aromatic carbocycles. The second kappa shape index (κ2) is 15.1. The smallest absolute Gasteiger partial charge is 0.339 e. The van der Waals surface area contributed by atoms with Gasteiger partial charge in [-0.1, -0.05) is 76.8 Å². The number of carboxylic acid groups (broad SMARTS) is 1. The maximum atomic E-state index is 11.7. The molecule has 0 fully saturated rings. The summed E-state index contributed by atoms with van der Waals surface area (Å²) in [5.41, 5.74) is 0.767. The van der Waals surface area contributed by atoms with Gasteiger partial charge in [-0.05, 0) is 37.3 Å². The van der Waals surface area contributed by atoms with Crippen LogP contribution >= 0.6 is 0 Å². The van der Waals surface area contributed by atoms with E-state index in [0.29, 0.717) is 12.2 Å². The highest BCUT2D eigenvalue weighted by atomic mass is 16.4. The van der Waals surface area contributed by atoms with Crippen LogP contribution in [0.2, 0.25) is 0 Å². The van der Waals surface area contributed by atoms with E-state index in [0.717, 1.165) is 56.9 Å². The first kappa shape index (κ1) is 24.2. The maximum absolute atomic E-state index is 11.7. The summed E-state index contributed by atoms with van der Waals surface area (Å²) in [4.78, 5) is 22.9. The van der Waals surface area contributed by atoms with Crippen molar-refractivity contribution < 1.29 is 19.8 Å². The molecule has 0 saturated heterocycles. The molecule has 0 amide bonds. The summed E-state index contributed by atoms with van der Waals surface area (Å²) >= 11 is 0. The van der Waals surface area contributed by atoms with Crippen molar-refractivity contribution in [2.45, 2.75) is 103 Å². The van der Waals surface area contributed by atoms with E-state index in [9.17, 15) is 19.8 Å². The molecule has 0 aromatic heterocycles. The molecule has 0 saturated carbocycles. The van der Waals surface area contributed by atoms with Crippen molar-refractivity contribution in [3.05, 3.63) is 29.3 Å². The van der Waals surface area contributed by atoms with Gasteiger partial charge in [-0.2, -0.15) is 0 Å². The number of benzene rings is 1. The number of aromatic carboxylic acids is 1. The summed E-state index contributed by atoms with van der Waals surface area (Å²) in [5, 5.41) is 18.9. The van der Waals surface area contributed by atoms with Crippen LogP contribution in [-0.4, -0.2) is 22.0 Å². The van der Waals surface area contributed by atoms with Crippen LogP contribution in [0.15, 0.2) is 18.2 Å². The maximum Gasteiger partial charge on any atom is 0.339 e. The van der Waals surface area contributed by atoms with E-state index in [-0.39, 0.29) is 11.3 Å². The van der Waals surface area contributed by atoms with Crippen molar-refractivity contribution in [2.75, 3.05) is 0 Å². The van der Waals surface area contributed by atoms with Crippen LogP contribution in [0.5, 0.6) is 5.75 Å². The average molecular weight is 391 g/mol. The number of aromatic hydroxyl groups is 1. The molecule has 28 heavy (non-hydrogen) atoms. The van der Waals surface area contributed by atoms with Gasteiger partial charge >= 0.3 is 5.97 Å². The number of carbonyl (C=O) groups is 2. The molecule has 4 heteroatoms. The zero-order chi connectivity index (χ0) is 20.6. The quantitative estimate of drug-likeness (QED) is 0.291. The van der Waals surface area contributed by atoms with Crippen molar-refractivity contribution in [3.63, 3.8) is 0 Å². The predicted octanol–water partition coefficient (Wildman–Crippen LogP) is 6.68. The highest BCUT2D eigenvalue weighted by Gasteiger charge is 2.14. The Balaban J connectivity index is 1.98. The lowest BCUT2D eigenvalue weighted by atomic mass is 9.99. The standard InChI is InChI=1S/C24H38O4/c1-2-3-11-17-21(25)18-13-10-8-6-4-5-7-9-12-15-20-16-14-19-22(26)23(20)24(27)28/h14,16,19,26H,2-13,15,17-18H2,1H3,(H,27,28). The molecular weight excluding hydrogens is 352 g/mol. The van der Waals surface area contributed by atoms with Crippen LogP contribution in [0.25, 0.3) is 0 Å². The van der Waals surface area contributed by atoms with E-state index in [1.54, 1.807) is 12.1 Å². The molecule has 0 aliphatic carbocycles. The van der Waals surface area contributed by atoms with Crippen molar-refractivity contribution in [1.82, 2.24) is 0 Å². The molecule has 1 rings (SSSR count). The monoisotopic (exact) mass is 390 g/mol. The minimum absolute atomic E-state index is 0.0475. The second-order valence-corrected chi connectivity index (χ2v) is 7.79. The SMILES string of the molecule is CCCCCC(=O)CCCCCCCCCCCc1cccc(O)c1C(=O)O. The van der Waals surface area contributed by atoms with Crippen LogP contribution in [-0.2, 0) is 11.2 Å². The number of hydrogen-bond donors (Lipinski definition) is 2. The molecule has 0 atom stereocenters. The number of ketones is 1. The largest absolute Gasteiger partial charge is 0.507 e. The normalized spacial score (nSPS) is 10.9. The zero-order valence-corrected chi connectivity index (χ0v) is 17.5. The number of phenols is 1. The van der Waals surface area contributed by atoms with Gasteiger partial charge < -0.3 is 10.2 Å². The first-order chi connectivity index (χ1) is 13.6. The minimum Gasteiger partial charge on any atom is -0.507 e. The van der Waals surface area contributed by atoms with Gasteiger partial charge in [0.1, 0.15) is 17.1 Å². The van der Waals surface area contributed by atoms with Crippen LogP contribution in [0.4, 0.5) is 0 Å². The number of carboxylic acids is 1. The van der Waals surface area contributed by atoms with Gasteiger partial charge in [0.2, 0.25) is 0 Å². The number of hydrogen-bond acceptors (Lipinski definition) is 3. The molecule has 1 aromatic rings. The first-order valence-electron chi connectivity index (χ1n) is 11.1. The highest BCUT2D eigenvalue weighted by Crippen LogP contribution is 2.23. The Bertz CT molecular complexity index is 580. The summed E-state index contributed by atoms with van der Waals surface area (Å²) in [5.74, 6) is -0.769. The fourth-order valence-electron chi connectivity index (χ4n) is 3.61. The van der Waals surface area contributed by atoms with E-state index in [4.69, 9.17) is 0 Å². The molecule has 2 N–H and O–H groups in total. The zero-order valence-electron chi connectivity index (χ0n) is 17.5. The third-order valence-electron chi connectivity index (χ3n) is 5.30. The topological polar surface area (TPSA) is 74.6 Å². The van der Waals surface area contributed by atoms with E-state index in [1.165, 1.54) is 44.6 Å². The van der Waals surface area contributed by atoms with Gasteiger partial charge in [0.25, 0.3) is 0 Å². The Morgan fingerprint density at radius 1 is 0.786 bits per heavy atom. The lowest BCUT2D eigenvalue weighted by Gasteiger charge is -2.08. The van der Waals surface area contributed by atoms with Crippen LogP contribution in [0, 0.1) is 0 Å². The summed E-state index contributed by atoms with van der Waals surface area (Å²) in [7, 11) is 0. The number of aryl methyl sites for hydroxylation is 1. The molecule has 4 nitrogen and oxygen atoms in total. The average Bonchev–Trinajstić information content (AvgIpc) is 2.66. The van der Waals surface area contributed by atoms with Crippen LogP contribution in [0.3, 0.4) is 0 Å². The van der Waals surface area contributed by atoms with E-state index >= 15 is 0 Å². The van der Waals surface area contributed by atoms with Gasteiger partial charge in [-0.3, -0.25) is 4.79 Å². The molecule has 0 bridgehead atoms. The molecule has 0 aliphatic heterocycles. The Morgan fingerprint density at radius 2 is 1.32 bits per heavy atom. The number of rotatable bonds is 17. The predicted molar refractivity (Wildman–Crippen MR) is 114 cm³/mol. The Morgan fingerprint density at radius 3 is 1.89 bits per heavy atom. The number of Topliss-reactive ketones (excluding diaryl/α,β-unsaturated/α-hetero) is 1. The lowest BCUT2D eigenvalue weighted by molar-refractivity contribution is -0.119. The Labute approximate surface area is 170 Å². The van der Waals surface area contributed by atoms with Gasteiger partial charge in [0.15, 0.2) is 0 Å². The summed E-state index contributed by atoms with van der Waals surface area (Å²) < 4.78 is 0. The second-order valence-electron chi connectivity index (χ2n) is 7.79. The lowest BCUT2D eigenvalue weighted by Crippen LogP contribution is -2.03. The minimum atomic E-state index is -1.06. The van der Waals surface area contributed by atoms with Gasteiger partial charge in [0, 0.05) is 12.8 Å². The van der Waals surface area contributed by atoms with E-state index in [1.807, 2.05) is 0 Å². The van der Waals surface area contributed by atoms with Crippen LogP contribution in [0.1, 0.15) is 113 Å². The third-order valence-corrected chi connectivity index (χ3v) is 5.30. The first-order valence-corrected chi connectivity index (χ1v) is 11.1. The van der Waals surface area contributed by atoms with Crippen LogP contribution < -0.4 is 0 Å². The van der Waals surface area contributed by atoms with Crippen molar-refractivity contribution in [1.29, 1.82) is 0 Å². The number of unbranched alkanes of at least 4 members (excludes halogenated alkanes) is 10. The fraction of sp³-hybridized carbons (Fsp3) is 0.667. The number of carbonyl (C=O) groups excluding carboxylic acids is 1. The fourth-order valence-corrected chi connectivity index (χ4v) is 3.61. The molecule has 0 radical (unpaired) electrons. The van der Waals surface area contributed by atoms with Crippen molar-refractivity contribution >= 4 is 11.8 Å². The Kier molecular flexibility index (Phi) is 13.1. The molecule has 0 heterocycles. The van der Waals surface area contributed by atoms with Crippen molar-refractivity contribution in [2.24, 2.45) is 0 Å².